The summed E-state index contributed by atoms with van der Waals surface area (Å²) in [6.07, 6.45) is 20.0. The van der Waals surface area contributed by atoms with Crippen molar-refractivity contribution in [1.82, 2.24) is 0 Å². The Morgan fingerprint density at radius 3 is 1.11 bits per heavy atom. The van der Waals surface area contributed by atoms with Crippen LogP contribution in [-0.2, 0) is 21.7 Å². The molecule has 0 atom stereocenters. The van der Waals surface area contributed by atoms with Gasteiger partial charge in [0, 0.05) is 16.6 Å². The van der Waals surface area contributed by atoms with Crippen LogP contribution < -0.4 is 0 Å². The van der Waals surface area contributed by atoms with Crippen molar-refractivity contribution in [2.24, 2.45) is 0 Å². The molecule has 0 unspecified atom stereocenters. The summed E-state index contributed by atoms with van der Waals surface area (Å²) >= 11 is 0. The molecule has 0 amide bonds. The normalized spacial score (nSPS) is 12.7. The Balaban J connectivity index is -0.0000000824. The van der Waals surface area contributed by atoms with Crippen molar-refractivity contribution in [3.8, 4) is 0 Å². The maximum Gasteiger partial charge on any atom is 2.00 e. The molecule has 0 aliphatic heterocycles. The zero-order valence-corrected chi connectivity index (χ0v) is 17.4. The number of halogens is 2. The Hall–Kier alpha value is 0.688. The molecule has 0 aromatic carbocycles. The predicted molar refractivity (Wildman–Crippen MR) is 92.6 cm³/mol. The van der Waals surface area contributed by atoms with Crippen molar-refractivity contribution in [1.29, 1.82) is 0 Å². The van der Waals surface area contributed by atoms with Gasteiger partial charge in [0.15, 0.2) is 0 Å². The fraction of sp³-hybridized carbons (Fsp3) is 0.429. The Kier molecular flexibility index (Phi) is 30.9. The molecule has 0 fully saturated rings. The summed E-state index contributed by atoms with van der Waals surface area (Å²) in [6.45, 7) is 9.55. The standard InChI is InChI=1S/2C5H5.C4H12Si2.2ClH.Ti/c2*1-2-4-5-3-1;1-5(2)6(3)4;;;/h2*1-3H,4H2;1-4H3;2*1H;/q2*-1;;;;+2. The molecule has 0 saturated carbocycles. The molecule has 0 bridgehead atoms. The van der Waals surface area contributed by atoms with Crippen LogP contribution in [0.2, 0.25) is 26.2 Å². The molecule has 2 radical (unpaired) electrons. The van der Waals surface area contributed by atoms with Gasteiger partial charge in [-0.2, -0.15) is 12.2 Å². The van der Waals surface area contributed by atoms with Gasteiger partial charge in [0.05, 0.1) is 0 Å². The van der Waals surface area contributed by atoms with E-state index in [2.05, 4.69) is 50.5 Å². The number of hydrogen-bond donors (Lipinski definition) is 0. The third kappa shape index (κ3) is 24.1. The molecule has 19 heavy (non-hydrogen) atoms. The summed E-state index contributed by atoms with van der Waals surface area (Å²) in [5.41, 5.74) is 0. The van der Waals surface area contributed by atoms with Crippen molar-refractivity contribution >= 4 is 41.4 Å². The zero-order valence-electron chi connectivity index (χ0n) is 12.2. The van der Waals surface area contributed by atoms with Crippen LogP contribution in [0.15, 0.2) is 36.5 Å². The van der Waals surface area contributed by atoms with Crippen LogP contribution in [0.4, 0.5) is 0 Å². The molecular formula is C14H24Cl2Si2Ti. The minimum atomic E-state index is 0. The first kappa shape index (κ1) is 27.9. The van der Waals surface area contributed by atoms with Crippen molar-refractivity contribution in [3.05, 3.63) is 48.6 Å². The van der Waals surface area contributed by atoms with E-state index in [1.165, 1.54) is 0 Å². The summed E-state index contributed by atoms with van der Waals surface area (Å²) in [5, 5.41) is 0. The first-order valence-corrected chi connectivity index (χ1v) is 11.7. The predicted octanol–water partition coefficient (Wildman–Crippen LogP) is 5.03. The molecule has 2 rings (SSSR count). The van der Waals surface area contributed by atoms with Crippen molar-refractivity contribution < 1.29 is 21.7 Å². The summed E-state index contributed by atoms with van der Waals surface area (Å²) in [5.74, 6) is 0. The van der Waals surface area contributed by atoms with E-state index in [0.717, 1.165) is 12.8 Å². The van der Waals surface area contributed by atoms with Gasteiger partial charge in [-0.1, -0.05) is 26.2 Å². The number of rotatable bonds is 1. The monoisotopic (exact) mass is 366 g/mol. The van der Waals surface area contributed by atoms with Gasteiger partial charge in [0.2, 0.25) is 0 Å². The first-order valence-electron chi connectivity index (χ1n) is 5.68. The Morgan fingerprint density at radius 2 is 1.05 bits per heavy atom. The van der Waals surface area contributed by atoms with Crippen molar-refractivity contribution in [2.45, 2.75) is 39.0 Å². The maximum absolute atomic E-state index is 2.99. The smallest absolute Gasteiger partial charge is 0.273 e. The van der Waals surface area contributed by atoms with E-state index in [0.29, 0.717) is 0 Å². The second-order valence-corrected chi connectivity index (χ2v) is 14.0. The van der Waals surface area contributed by atoms with E-state index in [-0.39, 0.29) is 63.2 Å². The van der Waals surface area contributed by atoms with Crippen molar-refractivity contribution in [2.75, 3.05) is 0 Å². The van der Waals surface area contributed by atoms with Gasteiger partial charge < -0.3 is 0 Å². The largest absolute Gasteiger partial charge is 2.00 e. The molecule has 0 heterocycles. The van der Waals surface area contributed by atoms with Crippen LogP contribution in [-0.4, -0.2) is 16.6 Å². The van der Waals surface area contributed by atoms with Crippen LogP contribution in [0.5, 0.6) is 0 Å². The van der Waals surface area contributed by atoms with Crippen LogP contribution >= 0.6 is 24.8 Å². The van der Waals surface area contributed by atoms with E-state index in [1.54, 1.807) is 0 Å². The van der Waals surface area contributed by atoms with Gasteiger partial charge in [0.1, 0.15) is 0 Å². The molecule has 106 valence electrons. The van der Waals surface area contributed by atoms with Crippen molar-refractivity contribution in [3.63, 3.8) is 0 Å². The van der Waals surface area contributed by atoms with Gasteiger partial charge in [-0.3, -0.25) is 12.2 Å². The van der Waals surface area contributed by atoms with Crippen LogP contribution in [0.3, 0.4) is 0 Å². The molecule has 2 aliphatic rings. The third-order valence-electron chi connectivity index (χ3n) is 2.17. The SMILES string of the molecule is C[Si](C)[Si](C)C.Cl.Cl.[C-]1=CC=CC1.[C-]1=CC=CC1.[Ti+2]. The van der Waals surface area contributed by atoms with Gasteiger partial charge in [-0.25, -0.2) is 24.3 Å². The van der Waals surface area contributed by atoms with Gasteiger partial charge >= 0.3 is 21.7 Å². The second kappa shape index (κ2) is 21.0. The zero-order chi connectivity index (χ0) is 12.2. The van der Waals surface area contributed by atoms with E-state index >= 15 is 0 Å². The molecule has 2 aliphatic carbocycles. The van der Waals surface area contributed by atoms with E-state index < -0.39 is 0 Å². The average molecular weight is 367 g/mol. The summed E-state index contributed by atoms with van der Waals surface area (Å²) < 4.78 is 0. The molecule has 0 aromatic rings. The number of hydrogen-bond acceptors (Lipinski definition) is 0. The fourth-order valence-corrected chi connectivity index (χ4v) is 0.680. The Morgan fingerprint density at radius 1 is 0.737 bits per heavy atom. The van der Waals surface area contributed by atoms with Crippen LogP contribution in [0.1, 0.15) is 12.8 Å². The van der Waals surface area contributed by atoms with Crippen LogP contribution in [0.25, 0.3) is 0 Å². The molecule has 0 spiro atoms. The summed E-state index contributed by atoms with van der Waals surface area (Å²) in [6, 6.07) is 0. The molecular weight excluding hydrogens is 343 g/mol. The second-order valence-electron chi connectivity index (χ2n) is 4.01. The van der Waals surface area contributed by atoms with E-state index in [4.69, 9.17) is 0 Å². The Labute approximate surface area is 150 Å². The third-order valence-corrected chi connectivity index (χ3v) is 10.2. The fourth-order valence-electron chi connectivity index (χ4n) is 0.680. The number of allylic oxidation sites excluding steroid dienone is 8. The maximum atomic E-state index is 2.99. The van der Waals surface area contributed by atoms with E-state index in [9.17, 15) is 0 Å². The Bertz CT molecular complexity index is 225. The molecule has 0 saturated heterocycles. The van der Waals surface area contributed by atoms with Crippen LogP contribution in [0, 0.1) is 12.2 Å². The quantitative estimate of drug-likeness (QED) is 0.451. The van der Waals surface area contributed by atoms with Gasteiger partial charge in [-0.05, 0) is 0 Å². The minimum Gasteiger partial charge on any atom is -0.273 e. The minimum absolute atomic E-state index is 0. The average Bonchev–Trinajstić information content (AvgIpc) is 2.97. The first-order chi connectivity index (χ1) is 7.64. The van der Waals surface area contributed by atoms with Gasteiger partial charge in [0.25, 0.3) is 0 Å². The molecule has 0 N–H and O–H groups in total. The molecule has 0 aromatic heterocycles. The molecule has 0 nitrogen and oxygen atoms in total. The van der Waals surface area contributed by atoms with E-state index in [1.807, 2.05) is 24.3 Å². The summed E-state index contributed by atoms with van der Waals surface area (Å²) in [4.78, 5) is 0. The topological polar surface area (TPSA) is 0 Å². The van der Waals surface area contributed by atoms with Gasteiger partial charge in [-0.15, -0.1) is 37.7 Å². The molecule has 5 heteroatoms. The summed E-state index contributed by atoms with van der Waals surface area (Å²) in [7, 11) is 0.300.